The van der Waals surface area contributed by atoms with Crippen molar-refractivity contribution >= 4 is 5.69 Å². The highest BCUT2D eigenvalue weighted by Gasteiger charge is 2.44. The van der Waals surface area contributed by atoms with E-state index in [0.717, 1.165) is 64.5 Å². The summed E-state index contributed by atoms with van der Waals surface area (Å²) in [6.45, 7) is 9.34. The van der Waals surface area contributed by atoms with Crippen LogP contribution in [0.25, 0.3) is 0 Å². The summed E-state index contributed by atoms with van der Waals surface area (Å²) < 4.78 is 25.3. The van der Waals surface area contributed by atoms with Crippen LogP contribution in [0, 0.1) is 5.82 Å². The van der Waals surface area contributed by atoms with Gasteiger partial charge in [-0.1, -0.05) is 24.3 Å². The molecule has 0 amide bonds. The third kappa shape index (κ3) is 4.10. The summed E-state index contributed by atoms with van der Waals surface area (Å²) in [5.41, 5.74) is 3.64. The fourth-order valence-corrected chi connectivity index (χ4v) is 4.97. The number of nitrogens with zero attached hydrogens (tertiary/aromatic N) is 3. The standard InChI is InChI=1S/C24H30FN3O2/c25-21-6-8-22(9-7-21)28-14-12-26(13-15-28)10-3-11-27-18-20-4-1-2-5-23(20)24(19-27)29-16-17-30-24/h1-2,4-9H,3,10-19H2. The first-order chi connectivity index (χ1) is 14.7. The minimum Gasteiger partial charge on any atom is -0.369 e. The molecule has 0 unspecified atom stereocenters. The quantitative estimate of drug-likeness (QED) is 0.754. The molecule has 0 aliphatic carbocycles. The molecule has 5 nitrogen and oxygen atoms in total. The number of hydrogen-bond acceptors (Lipinski definition) is 5. The summed E-state index contributed by atoms with van der Waals surface area (Å²) in [6.07, 6.45) is 1.13. The number of benzene rings is 2. The van der Waals surface area contributed by atoms with Gasteiger partial charge in [-0.25, -0.2) is 4.39 Å². The highest BCUT2D eigenvalue weighted by atomic mass is 19.1. The SMILES string of the molecule is Fc1ccc(N2CCN(CCCN3Cc4ccccc4C4(C3)OCCO4)CC2)cc1. The van der Waals surface area contributed by atoms with Gasteiger partial charge in [0.1, 0.15) is 5.82 Å². The Balaban J connectivity index is 1.11. The highest BCUT2D eigenvalue weighted by Crippen LogP contribution is 2.38. The lowest BCUT2D eigenvalue weighted by molar-refractivity contribution is -0.187. The average molecular weight is 412 g/mol. The van der Waals surface area contributed by atoms with Gasteiger partial charge in [0.25, 0.3) is 0 Å². The van der Waals surface area contributed by atoms with E-state index < -0.39 is 5.79 Å². The number of halogens is 1. The van der Waals surface area contributed by atoms with Gasteiger partial charge in [-0.05, 0) is 49.3 Å². The molecule has 30 heavy (non-hydrogen) atoms. The Kier molecular flexibility index (Phi) is 5.74. The Morgan fingerprint density at radius 1 is 0.833 bits per heavy atom. The zero-order valence-electron chi connectivity index (χ0n) is 17.4. The van der Waals surface area contributed by atoms with Crippen LogP contribution in [0.2, 0.25) is 0 Å². The van der Waals surface area contributed by atoms with Crippen LogP contribution in [0.15, 0.2) is 48.5 Å². The molecule has 6 heteroatoms. The molecule has 0 atom stereocenters. The molecule has 2 saturated heterocycles. The maximum Gasteiger partial charge on any atom is 0.208 e. The smallest absolute Gasteiger partial charge is 0.208 e. The predicted octanol–water partition coefficient (Wildman–Crippen LogP) is 3.05. The minimum atomic E-state index is -0.574. The second-order valence-electron chi connectivity index (χ2n) is 8.48. The third-order valence-electron chi connectivity index (χ3n) is 6.52. The molecule has 0 bridgehead atoms. The maximum absolute atomic E-state index is 13.1. The van der Waals surface area contributed by atoms with E-state index in [1.54, 1.807) is 12.1 Å². The maximum atomic E-state index is 13.1. The van der Waals surface area contributed by atoms with E-state index in [1.165, 1.54) is 11.1 Å². The molecule has 1 spiro atoms. The van der Waals surface area contributed by atoms with E-state index in [9.17, 15) is 4.39 Å². The Morgan fingerprint density at radius 2 is 1.53 bits per heavy atom. The second kappa shape index (κ2) is 8.63. The topological polar surface area (TPSA) is 28.2 Å². The van der Waals surface area contributed by atoms with E-state index in [2.05, 4.69) is 39.0 Å². The molecular formula is C24H30FN3O2. The van der Waals surface area contributed by atoms with Crippen LogP contribution < -0.4 is 4.90 Å². The Hall–Kier alpha value is -1.99. The van der Waals surface area contributed by atoms with E-state index >= 15 is 0 Å². The van der Waals surface area contributed by atoms with Crippen LogP contribution in [0.4, 0.5) is 10.1 Å². The molecule has 5 rings (SSSR count). The van der Waals surface area contributed by atoms with Gasteiger partial charge in [0.05, 0.1) is 19.8 Å². The lowest BCUT2D eigenvalue weighted by Crippen LogP contribution is -2.48. The van der Waals surface area contributed by atoms with Gasteiger partial charge in [0, 0.05) is 44.0 Å². The molecule has 3 aliphatic heterocycles. The lowest BCUT2D eigenvalue weighted by Gasteiger charge is -2.40. The average Bonchev–Trinajstić information content (AvgIpc) is 3.24. The number of piperazine rings is 1. The number of anilines is 1. The fourth-order valence-electron chi connectivity index (χ4n) is 4.97. The summed E-state index contributed by atoms with van der Waals surface area (Å²) in [5, 5.41) is 0. The number of hydrogen-bond donors (Lipinski definition) is 0. The summed E-state index contributed by atoms with van der Waals surface area (Å²) in [4.78, 5) is 7.36. The van der Waals surface area contributed by atoms with Crippen molar-refractivity contribution in [1.29, 1.82) is 0 Å². The van der Waals surface area contributed by atoms with Crippen molar-refractivity contribution in [3.8, 4) is 0 Å². The number of ether oxygens (including phenoxy) is 2. The lowest BCUT2D eigenvalue weighted by atomic mass is 9.94. The van der Waals surface area contributed by atoms with Crippen molar-refractivity contribution in [2.24, 2.45) is 0 Å². The fraction of sp³-hybridized carbons (Fsp3) is 0.500. The number of rotatable bonds is 5. The van der Waals surface area contributed by atoms with Gasteiger partial charge in [0.15, 0.2) is 0 Å². The van der Waals surface area contributed by atoms with Crippen molar-refractivity contribution < 1.29 is 13.9 Å². The molecule has 0 aromatic heterocycles. The molecule has 0 saturated carbocycles. The monoisotopic (exact) mass is 411 g/mol. The molecule has 2 fully saturated rings. The molecular weight excluding hydrogens is 381 g/mol. The van der Waals surface area contributed by atoms with Crippen LogP contribution in [0.1, 0.15) is 17.5 Å². The summed E-state index contributed by atoms with van der Waals surface area (Å²) >= 11 is 0. The van der Waals surface area contributed by atoms with Gasteiger partial charge in [-0.3, -0.25) is 9.80 Å². The van der Waals surface area contributed by atoms with Gasteiger partial charge < -0.3 is 14.4 Å². The predicted molar refractivity (Wildman–Crippen MR) is 115 cm³/mol. The van der Waals surface area contributed by atoms with Crippen LogP contribution in [0.5, 0.6) is 0 Å². The largest absolute Gasteiger partial charge is 0.369 e. The van der Waals surface area contributed by atoms with Crippen molar-refractivity contribution in [2.45, 2.75) is 18.8 Å². The summed E-state index contributed by atoms with van der Waals surface area (Å²) in [7, 11) is 0. The van der Waals surface area contributed by atoms with Gasteiger partial charge in [0.2, 0.25) is 5.79 Å². The molecule has 3 aliphatic rings. The second-order valence-corrected chi connectivity index (χ2v) is 8.48. The van der Waals surface area contributed by atoms with E-state index in [1.807, 2.05) is 12.1 Å². The number of fused-ring (bicyclic) bond motifs is 2. The van der Waals surface area contributed by atoms with Crippen LogP contribution in [-0.2, 0) is 21.8 Å². The molecule has 160 valence electrons. The molecule has 3 heterocycles. The normalized spacial score (nSPS) is 21.8. The zero-order valence-corrected chi connectivity index (χ0v) is 17.4. The first-order valence-corrected chi connectivity index (χ1v) is 11.0. The van der Waals surface area contributed by atoms with Crippen LogP contribution in [0.3, 0.4) is 0 Å². The molecule has 0 N–H and O–H groups in total. The molecule has 2 aromatic rings. The minimum absolute atomic E-state index is 0.173. The molecule has 0 radical (unpaired) electrons. The van der Waals surface area contributed by atoms with Crippen LogP contribution >= 0.6 is 0 Å². The van der Waals surface area contributed by atoms with Gasteiger partial charge >= 0.3 is 0 Å². The first kappa shape index (κ1) is 19.9. The van der Waals surface area contributed by atoms with Crippen molar-refractivity contribution in [2.75, 3.05) is 63.9 Å². The zero-order chi connectivity index (χ0) is 20.4. The van der Waals surface area contributed by atoms with Crippen LogP contribution in [-0.4, -0.2) is 68.8 Å². The Labute approximate surface area is 178 Å². The van der Waals surface area contributed by atoms with Crippen molar-refractivity contribution in [1.82, 2.24) is 9.80 Å². The first-order valence-electron chi connectivity index (χ1n) is 11.0. The van der Waals surface area contributed by atoms with Gasteiger partial charge in [-0.15, -0.1) is 0 Å². The third-order valence-corrected chi connectivity index (χ3v) is 6.52. The van der Waals surface area contributed by atoms with Gasteiger partial charge in [-0.2, -0.15) is 0 Å². The molecule has 2 aromatic carbocycles. The van der Waals surface area contributed by atoms with E-state index in [4.69, 9.17) is 9.47 Å². The summed E-state index contributed by atoms with van der Waals surface area (Å²) in [5.74, 6) is -0.747. The van der Waals surface area contributed by atoms with Crippen molar-refractivity contribution in [3.05, 3.63) is 65.5 Å². The Bertz CT molecular complexity index is 846. The van der Waals surface area contributed by atoms with E-state index in [-0.39, 0.29) is 5.82 Å². The Morgan fingerprint density at radius 3 is 2.30 bits per heavy atom. The van der Waals surface area contributed by atoms with Crippen molar-refractivity contribution in [3.63, 3.8) is 0 Å². The van der Waals surface area contributed by atoms with E-state index in [0.29, 0.717) is 13.2 Å². The summed E-state index contributed by atoms with van der Waals surface area (Å²) in [6, 6.07) is 15.4. The highest BCUT2D eigenvalue weighted by molar-refractivity contribution is 5.46.